The van der Waals surface area contributed by atoms with Crippen LogP contribution in [0.2, 0.25) is 0 Å². The van der Waals surface area contributed by atoms with Crippen molar-refractivity contribution < 1.29 is 14.7 Å². The molecular weight excluding hydrogens is 336 g/mol. The number of rotatable bonds is 2. The van der Waals surface area contributed by atoms with Crippen molar-refractivity contribution in [3.05, 3.63) is 28.2 Å². The Morgan fingerprint density at radius 2 is 2.14 bits per heavy atom. The molecule has 0 saturated carbocycles. The van der Waals surface area contributed by atoms with E-state index in [-0.39, 0.29) is 18.1 Å². The van der Waals surface area contributed by atoms with E-state index in [1.807, 2.05) is 25.1 Å². The van der Waals surface area contributed by atoms with Gasteiger partial charge in [0, 0.05) is 16.6 Å². The van der Waals surface area contributed by atoms with Crippen molar-refractivity contribution >= 4 is 33.6 Å². The molecule has 1 aromatic rings. The largest absolute Gasteiger partial charge is 0.481 e. The number of nitrogens with one attached hydrogen (secondary N) is 1. The van der Waals surface area contributed by atoms with Gasteiger partial charge >= 0.3 is 12.0 Å². The van der Waals surface area contributed by atoms with E-state index in [2.05, 4.69) is 21.2 Å². The molecule has 0 radical (unpaired) electrons. The Hall–Kier alpha value is -1.56. The van der Waals surface area contributed by atoms with E-state index in [0.717, 1.165) is 22.9 Å². The zero-order valence-corrected chi connectivity index (χ0v) is 13.3. The van der Waals surface area contributed by atoms with Crippen LogP contribution < -0.4 is 5.32 Å². The van der Waals surface area contributed by atoms with Gasteiger partial charge in [-0.15, -0.1) is 0 Å². The molecule has 0 aromatic heterocycles. The molecule has 3 atom stereocenters. The lowest BCUT2D eigenvalue weighted by Crippen LogP contribution is -2.40. The number of hydrogen-bond acceptors (Lipinski definition) is 2. The van der Waals surface area contributed by atoms with Crippen LogP contribution in [0.15, 0.2) is 22.7 Å². The number of urea groups is 1. The maximum Gasteiger partial charge on any atom is 0.322 e. The van der Waals surface area contributed by atoms with Gasteiger partial charge in [-0.1, -0.05) is 6.07 Å². The fraction of sp³-hybridized carbons (Fsp3) is 0.467. The third kappa shape index (κ3) is 2.52. The van der Waals surface area contributed by atoms with Gasteiger partial charge in [0.1, 0.15) is 0 Å². The second-order valence-corrected chi connectivity index (χ2v) is 6.65. The molecule has 0 aliphatic carbocycles. The standard InChI is InChI=1S/C15H17BrN2O3/c1-8-2-4-12(11(16)6-8)17-15(21)18-9-3-5-13(18)10(7-9)14(19)20/h2,4,6,9-10,13H,3,5,7H2,1H3,(H,17,21)(H,19,20). The molecule has 112 valence electrons. The Labute approximate surface area is 131 Å². The van der Waals surface area contributed by atoms with Gasteiger partial charge in [0.05, 0.1) is 11.6 Å². The molecule has 6 heteroatoms. The minimum atomic E-state index is -0.795. The first-order chi connectivity index (χ1) is 9.97. The highest BCUT2D eigenvalue weighted by molar-refractivity contribution is 9.10. The summed E-state index contributed by atoms with van der Waals surface area (Å²) in [7, 11) is 0. The van der Waals surface area contributed by atoms with Gasteiger partial charge in [-0.2, -0.15) is 0 Å². The summed E-state index contributed by atoms with van der Waals surface area (Å²) in [6, 6.07) is 5.41. The molecule has 1 aromatic carbocycles. The van der Waals surface area contributed by atoms with Gasteiger partial charge in [0.25, 0.3) is 0 Å². The number of aliphatic carboxylic acids is 1. The lowest BCUT2D eigenvalue weighted by molar-refractivity contribution is -0.142. The van der Waals surface area contributed by atoms with Crippen LogP contribution in [0, 0.1) is 12.8 Å². The molecule has 2 heterocycles. The third-order valence-corrected chi connectivity index (χ3v) is 5.11. The smallest absolute Gasteiger partial charge is 0.322 e. The number of carbonyl (C=O) groups is 2. The summed E-state index contributed by atoms with van der Waals surface area (Å²) in [6.45, 7) is 1.98. The number of carboxylic acid groups (broad SMARTS) is 1. The van der Waals surface area contributed by atoms with Crippen LogP contribution in [0.1, 0.15) is 24.8 Å². The highest BCUT2D eigenvalue weighted by atomic mass is 79.9. The van der Waals surface area contributed by atoms with E-state index in [1.165, 1.54) is 0 Å². The van der Waals surface area contributed by atoms with E-state index in [4.69, 9.17) is 0 Å². The third-order valence-electron chi connectivity index (χ3n) is 4.45. The molecule has 2 bridgehead atoms. The number of halogens is 1. The second kappa shape index (κ2) is 5.33. The molecule has 5 nitrogen and oxygen atoms in total. The average Bonchev–Trinajstić information content (AvgIpc) is 2.99. The highest BCUT2D eigenvalue weighted by Crippen LogP contribution is 2.42. The monoisotopic (exact) mass is 352 g/mol. The van der Waals surface area contributed by atoms with E-state index in [9.17, 15) is 14.7 Å². The van der Waals surface area contributed by atoms with E-state index >= 15 is 0 Å². The number of amides is 2. The quantitative estimate of drug-likeness (QED) is 0.858. The SMILES string of the molecule is Cc1ccc(NC(=O)N2C3CCC2C(C(=O)O)C3)c(Br)c1. The lowest BCUT2D eigenvalue weighted by atomic mass is 9.89. The Balaban J connectivity index is 1.76. The number of carboxylic acids is 1. The van der Waals surface area contributed by atoms with E-state index < -0.39 is 11.9 Å². The zero-order valence-electron chi connectivity index (χ0n) is 11.7. The molecule has 2 aliphatic heterocycles. The van der Waals surface area contributed by atoms with Crippen LogP contribution in [0.3, 0.4) is 0 Å². The molecular formula is C15H17BrN2O3. The van der Waals surface area contributed by atoms with Crippen molar-refractivity contribution in [1.29, 1.82) is 0 Å². The summed E-state index contributed by atoms with van der Waals surface area (Å²) < 4.78 is 0.831. The van der Waals surface area contributed by atoms with Crippen molar-refractivity contribution in [2.75, 3.05) is 5.32 Å². The topological polar surface area (TPSA) is 69.6 Å². The number of nitrogens with zero attached hydrogens (tertiary/aromatic N) is 1. The van der Waals surface area contributed by atoms with Crippen molar-refractivity contribution in [3.63, 3.8) is 0 Å². The Bertz CT molecular complexity index is 605. The normalized spacial score (nSPS) is 27.0. The first kappa shape index (κ1) is 14.4. The summed E-state index contributed by atoms with van der Waals surface area (Å²) >= 11 is 3.44. The van der Waals surface area contributed by atoms with E-state index in [1.54, 1.807) is 4.90 Å². The highest BCUT2D eigenvalue weighted by Gasteiger charge is 2.51. The molecule has 0 spiro atoms. The Morgan fingerprint density at radius 1 is 1.38 bits per heavy atom. The molecule has 2 N–H and O–H groups in total. The van der Waals surface area contributed by atoms with Gasteiger partial charge in [-0.3, -0.25) is 4.79 Å². The fourth-order valence-corrected chi connectivity index (χ4v) is 4.06. The summed E-state index contributed by atoms with van der Waals surface area (Å²) in [5.41, 5.74) is 1.82. The van der Waals surface area contributed by atoms with Gasteiger partial charge in [0.2, 0.25) is 0 Å². The van der Waals surface area contributed by atoms with Crippen LogP contribution in [0.25, 0.3) is 0 Å². The fourth-order valence-electron chi connectivity index (χ4n) is 3.47. The first-order valence-corrected chi connectivity index (χ1v) is 7.85. The van der Waals surface area contributed by atoms with Gasteiger partial charge < -0.3 is 15.3 Å². The Morgan fingerprint density at radius 3 is 2.76 bits per heavy atom. The molecule has 2 amide bonds. The van der Waals surface area contributed by atoms with E-state index in [0.29, 0.717) is 12.1 Å². The molecule has 2 fully saturated rings. The van der Waals surface area contributed by atoms with Gasteiger partial charge in [-0.25, -0.2) is 4.79 Å². The van der Waals surface area contributed by atoms with Gasteiger partial charge in [-0.05, 0) is 59.8 Å². The minimum Gasteiger partial charge on any atom is -0.481 e. The second-order valence-electron chi connectivity index (χ2n) is 5.80. The molecule has 2 saturated heterocycles. The summed E-state index contributed by atoms with van der Waals surface area (Å²) in [5.74, 6) is -1.22. The van der Waals surface area contributed by atoms with Crippen molar-refractivity contribution in [1.82, 2.24) is 4.90 Å². The van der Waals surface area contributed by atoms with Gasteiger partial charge in [0.15, 0.2) is 0 Å². The van der Waals surface area contributed by atoms with Crippen molar-refractivity contribution in [2.24, 2.45) is 5.92 Å². The maximum atomic E-state index is 12.5. The maximum absolute atomic E-state index is 12.5. The lowest BCUT2D eigenvalue weighted by Gasteiger charge is -2.23. The first-order valence-electron chi connectivity index (χ1n) is 7.05. The van der Waals surface area contributed by atoms with Crippen LogP contribution in [-0.2, 0) is 4.79 Å². The molecule has 21 heavy (non-hydrogen) atoms. The number of hydrogen-bond donors (Lipinski definition) is 2. The summed E-state index contributed by atoms with van der Waals surface area (Å²) in [5, 5.41) is 12.1. The zero-order chi connectivity index (χ0) is 15.1. The van der Waals surface area contributed by atoms with Crippen LogP contribution >= 0.6 is 15.9 Å². The number of carbonyl (C=O) groups excluding carboxylic acids is 1. The molecule has 2 aliphatic rings. The minimum absolute atomic E-state index is 0.0559. The average molecular weight is 353 g/mol. The molecule has 3 unspecified atom stereocenters. The number of benzene rings is 1. The number of anilines is 1. The predicted molar refractivity (Wildman–Crippen MR) is 82.3 cm³/mol. The molecule has 3 rings (SSSR count). The summed E-state index contributed by atoms with van der Waals surface area (Å²) in [4.78, 5) is 25.5. The number of aryl methyl sites for hydroxylation is 1. The van der Waals surface area contributed by atoms with Crippen LogP contribution in [0.4, 0.5) is 10.5 Å². The summed E-state index contributed by atoms with van der Waals surface area (Å²) in [6.07, 6.45) is 2.25. The van der Waals surface area contributed by atoms with Crippen molar-refractivity contribution in [2.45, 2.75) is 38.3 Å². The number of fused-ring (bicyclic) bond motifs is 2. The van der Waals surface area contributed by atoms with Crippen molar-refractivity contribution in [3.8, 4) is 0 Å². The predicted octanol–water partition coefficient (Wildman–Crippen LogP) is 3.23. The van der Waals surface area contributed by atoms with Crippen LogP contribution in [-0.4, -0.2) is 34.1 Å². The Kier molecular flexibility index (Phi) is 3.65. The van der Waals surface area contributed by atoms with Crippen LogP contribution in [0.5, 0.6) is 0 Å².